The summed E-state index contributed by atoms with van der Waals surface area (Å²) in [5.74, 6) is -0.0805. The summed E-state index contributed by atoms with van der Waals surface area (Å²) in [6.45, 7) is 9.47. The monoisotopic (exact) mass is 442 g/mol. The fourth-order valence-electron chi connectivity index (χ4n) is 4.32. The molecule has 0 atom stereocenters. The summed E-state index contributed by atoms with van der Waals surface area (Å²) in [5.41, 5.74) is 4.44. The van der Waals surface area contributed by atoms with Crippen molar-refractivity contribution in [2.24, 2.45) is 5.10 Å². The first kappa shape index (κ1) is 23.0. The van der Waals surface area contributed by atoms with Gasteiger partial charge in [0.25, 0.3) is 5.91 Å². The Morgan fingerprint density at radius 3 is 2.30 bits per heavy atom. The third kappa shape index (κ3) is 5.09. The Kier molecular flexibility index (Phi) is 7.40. The summed E-state index contributed by atoms with van der Waals surface area (Å²) in [6, 6.07) is 18.1. The Balaban J connectivity index is 1.66. The summed E-state index contributed by atoms with van der Waals surface area (Å²) in [6.07, 6.45) is 9.01. The lowest BCUT2D eigenvalue weighted by Crippen LogP contribution is -2.28. The number of anilines is 1. The smallest absolute Gasteiger partial charge is 0.280 e. The minimum Gasteiger partial charge on any atom is -0.333 e. The van der Waals surface area contributed by atoms with Gasteiger partial charge in [0.1, 0.15) is 0 Å². The van der Waals surface area contributed by atoms with Crippen LogP contribution in [0.2, 0.25) is 0 Å². The molecule has 2 heterocycles. The average molecular weight is 443 g/mol. The fraction of sp³-hybridized carbons (Fsp3) is 0.357. The minimum absolute atomic E-state index is 0.0805. The van der Waals surface area contributed by atoms with Crippen LogP contribution in [0.15, 0.2) is 71.5 Å². The van der Waals surface area contributed by atoms with Crippen molar-refractivity contribution >= 4 is 34.3 Å². The maximum Gasteiger partial charge on any atom is 0.280 e. The fourth-order valence-corrected chi connectivity index (χ4v) is 4.32. The zero-order valence-corrected chi connectivity index (χ0v) is 20.0. The lowest BCUT2D eigenvalue weighted by atomic mass is 10.1. The number of hydrogen-bond donors (Lipinski definition) is 0. The summed E-state index contributed by atoms with van der Waals surface area (Å²) in [7, 11) is 0. The van der Waals surface area contributed by atoms with E-state index in [1.54, 1.807) is 0 Å². The predicted molar refractivity (Wildman–Crippen MR) is 138 cm³/mol. The van der Waals surface area contributed by atoms with E-state index in [1.807, 2.05) is 43.3 Å². The van der Waals surface area contributed by atoms with E-state index in [2.05, 4.69) is 58.9 Å². The molecule has 1 amide bonds. The summed E-state index contributed by atoms with van der Waals surface area (Å²) >= 11 is 0. The molecule has 0 radical (unpaired) electrons. The molecule has 33 heavy (non-hydrogen) atoms. The number of para-hydroxylation sites is 2. The van der Waals surface area contributed by atoms with E-state index >= 15 is 0 Å². The summed E-state index contributed by atoms with van der Waals surface area (Å²) in [4.78, 5) is 15.7. The zero-order valence-electron chi connectivity index (χ0n) is 20.0. The minimum atomic E-state index is -0.0805. The lowest BCUT2D eigenvalue weighted by molar-refractivity contribution is -0.114. The van der Waals surface area contributed by atoms with Gasteiger partial charge in [-0.25, -0.2) is 0 Å². The van der Waals surface area contributed by atoms with Crippen molar-refractivity contribution in [3.05, 3.63) is 71.9 Å². The van der Waals surface area contributed by atoms with Crippen LogP contribution in [0.5, 0.6) is 0 Å². The van der Waals surface area contributed by atoms with Crippen LogP contribution in [-0.4, -0.2) is 34.2 Å². The number of unbranched alkanes of at least 4 members (excludes halogenated alkanes) is 2. The molecule has 0 saturated heterocycles. The standard InChI is InChI=1S/C28H34N4O/c1-4-6-17-30(18-7-5-2)21-31-20-23(25-15-11-12-16-27(25)31)19-26-22(3)29-32(28(26)33)24-13-9-8-10-14-24/h8-16,19-20H,4-7,17-18,21H2,1-3H3/b26-19+. The second kappa shape index (κ2) is 10.6. The molecule has 5 nitrogen and oxygen atoms in total. The van der Waals surface area contributed by atoms with Crippen molar-refractivity contribution < 1.29 is 4.79 Å². The van der Waals surface area contributed by atoms with Gasteiger partial charge in [0.2, 0.25) is 0 Å². The van der Waals surface area contributed by atoms with Gasteiger partial charge in [0, 0.05) is 22.7 Å². The first-order valence-electron chi connectivity index (χ1n) is 12.1. The molecule has 1 aliphatic heterocycles. The SMILES string of the molecule is CCCCN(CCCC)Cn1cc(/C=C2/C(=O)N(c3ccccc3)N=C2C)c2ccccc21. The average Bonchev–Trinajstić information content (AvgIpc) is 3.33. The molecule has 5 heteroatoms. The van der Waals surface area contributed by atoms with Gasteiger partial charge in [-0.3, -0.25) is 9.69 Å². The molecule has 4 rings (SSSR count). The number of benzene rings is 2. The van der Waals surface area contributed by atoms with Crippen LogP contribution >= 0.6 is 0 Å². The van der Waals surface area contributed by atoms with Crippen LogP contribution < -0.4 is 5.01 Å². The third-order valence-electron chi connectivity index (χ3n) is 6.19. The molecule has 1 aliphatic rings. The quantitative estimate of drug-likeness (QED) is 0.345. The topological polar surface area (TPSA) is 40.8 Å². The highest BCUT2D eigenvalue weighted by Gasteiger charge is 2.29. The van der Waals surface area contributed by atoms with E-state index < -0.39 is 0 Å². The van der Waals surface area contributed by atoms with Gasteiger partial charge in [-0.2, -0.15) is 10.1 Å². The highest BCUT2D eigenvalue weighted by Crippen LogP contribution is 2.28. The van der Waals surface area contributed by atoms with Crippen LogP contribution in [0.4, 0.5) is 5.69 Å². The maximum absolute atomic E-state index is 13.2. The highest BCUT2D eigenvalue weighted by molar-refractivity contribution is 6.32. The second-order valence-corrected chi connectivity index (χ2v) is 8.73. The summed E-state index contributed by atoms with van der Waals surface area (Å²) in [5, 5.41) is 7.20. The number of hydrogen-bond acceptors (Lipinski definition) is 3. The number of aromatic nitrogens is 1. The molecular weight excluding hydrogens is 408 g/mol. The maximum atomic E-state index is 13.2. The molecular formula is C28H34N4O. The molecule has 3 aromatic rings. The number of carbonyl (C=O) groups is 1. The van der Waals surface area contributed by atoms with E-state index in [0.29, 0.717) is 5.57 Å². The predicted octanol–water partition coefficient (Wildman–Crippen LogP) is 6.31. The molecule has 172 valence electrons. The van der Waals surface area contributed by atoms with Gasteiger partial charge in [-0.1, -0.05) is 63.1 Å². The number of rotatable bonds is 10. The van der Waals surface area contributed by atoms with Gasteiger partial charge in [-0.15, -0.1) is 0 Å². The normalized spacial score (nSPS) is 15.3. The van der Waals surface area contributed by atoms with Gasteiger partial charge in [0.05, 0.1) is 23.6 Å². The highest BCUT2D eigenvalue weighted by atomic mass is 16.2. The first-order chi connectivity index (χ1) is 16.1. The van der Waals surface area contributed by atoms with Crippen LogP contribution in [0.3, 0.4) is 0 Å². The molecule has 0 aliphatic carbocycles. The van der Waals surface area contributed by atoms with Gasteiger partial charge in [-0.05, 0) is 57.1 Å². The lowest BCUT2D eigenvalue weighted by Gasteiger charge is -2.23. The molecule has 0 unspecified atom stereocenters. The molecule has 0 spiro atoms. The largest absolute Gasteiger partial charge is 0.333 e. The Morgan fingerprint density at radius 2 is 1.61 bits per heavy atom. The first-order valence-corrected chi connectivity index (χ1v) is 12.1. The molecule has 1 aromatic heterocycles. The van der Waals surface area contributed by atoms with Crippen LogP contribution in [0.1, 0.15) is 52.0 Å². The van der Waals surface area contributed by atoms with Crippen molar-refractivity contribution in [2.45, 2.75) is 53.1 Å². The van der Waals surface area contributed by atoms with Crippen molar-refractivity contribution in [1.29, 1.82) is 0 Å². The van der Waals surface area contributed by atoms with E-state index in [1.165, 1.54) is 36.2 Å². The Bertz CT molecular complexity index is 1150. The Labute approximate surface area is 197 Å². The second-order valence-electron chi connectivity index (χ2n) is 8.73. The molecule has 0 bridgehead atoms. The van der Waals surface area contributed by atoms with E-state index in [4.69, 9.17) is 0 Å². The molecule has 2 aromatic carbocycles. The number of nitrogens with zero attached hydrogens (tertiary/aromatic N) is 4. The van der Waals surface area contributed by atoms with Crippen molar-refractivity contribution in [1.82, 2.24) is 9.47 Å². The van der Waals surface area contributed by atoms with Crippen molar-refractivity contribution in [3.63, 3.8) is 0 Å². The van der Waals surface area contributed by atoms with Gasteiger partial charge in [0.15, 0.2) is 0 Å². The molecule has 0 N–H and O–H groups in total. The molecule has 0 saturated carbocycles. The third-order valence-corrected chi connectivity index (χ3v) is 6.19. The van der Waals surface area contributed by atoms with Gasteiger partial charge < -0.3 is 4.57 Å². The van der Waals surface area contributed by atoms with Gasteiger partial charge >= 0.3 is 0 Å². The number of carbonyl (C=O) groups excluding carboxylic acids is 1. The van der Waals surface area contributed by atoms with Crippen molar-refractivity contribution in [3.8, 4) is 0 Å². The number of hydrazone groups is 1. The van der Waals surface area contributed by atoms with Crippen LogP contribution in [0.25, 0.3) is 17.0 Å². The number of fused-ring (bicyclic) bond motifs is 1. The van der Waals surface area contributed by atoms with Crippen molar-refractivity contribution in [2.75, 3.05) is 18.1 Å². The van der Waals surface area contributed by atoms with Crippen LogP contribution in [0, 0.1) is 0 Å². The van der Waals surface area contributed by atoms with E-state index in [9.17, 15) is 4.79 Å². The molecule has 0 fully saturated rings. The van der Waals surface area contributed by atoms with E-state index in [-0.39, 0.29) is 5.91 Å². The Morgan fingerprint density at radius 1 is 0.939 bits per heavy atom. The number of amides is 1. The summed E-state index contributed by atoms with van der Waals surface area (Å²) < 4.78 is 2.33. The van der Waals surface area contributed by atoms with Crippen LogP contribution in [-0.2, 0) is 11.5 Å². The zero-order chi connectivity index (χ0) is 23.2. The Hall–Kier alpha value is -3.18. The van der Waals surface area contributed by atoms with E-state index in [0.717, 1.165) is 42.1 Å².